The molecule has 7 nitrogen and oxygen atoms in total. The number of benzene rings is 1. The van der Waals surface area contributed by atoms with Crippen LogP contribution in [0.5, 0.6) is 0 Å². The number of anilines is 2. The minimum Gasteiger partial charge on any atom is -0.324 e. The van der Waals surface area contributed by atoms with Gasteiger partial charge in [0.25, 0.3) is 0 Å². The van der Waals surface area contributed by atoms with Crippen LogP contribution >= 0.6 is 11.6 Å². The molecule has 0 aliphatic rings. The first kappa shape index (κ1) is 16.0. The first-order valence-electron chi connectivity index (χ1n) is 6.70. The second-order valence-electron chi connectivity index (χ2n) is 5.00. The zero-order valence-electron chi connectivity index (χ0n) is 12.2. The highest BCUT2D eigenvalue weighted by Crippen LogP contribution is 2.14. The molecule has 0 aliphatic heterocycles. The largest absolute Gasteiger partial charge is 0.324 e. The fourth-order valence-corrected chi connectivity index (χ4v) is 1.81. The van der Waals surface area contributed by atoms with E-state index in [1.54, 1.807) is 38.1 Å². The minimum atomic E-state index is -0.270. The van der Waals surface area contributed by atoms with Crippen LogP contribution in [-0.2, 0) is 16.1 Å². The van der Waals surface area contributed by atoms with E-state index in [2.05, 4.69) is 20.9 Å². The molecule has 2 amide bonds. The van der Waals surface area contributed by atoms with Crippen molar-refractivity contribution in [1.29, 1.82) is 0 Å². The van der Waals surface area contributed by atoms with Gasteiger partial charge in [-0.05, 0) is 18.2 Å². The van der Waals surface area contributed by atoms with Crippen LogP contribution in [0.25, 0.3) is 0 Å². The molecule has 0 saturated carbocycles. The Balaban J connectivity index is 1.92. The number of nitrogens with zero attached hydrogens (tertiary/aromatic N) is 3. The Labute approximate surface area is 132 Å². The van der Waals surface area contributed by atoms with Gasteiger partial charge in [0.1, 0.15) is 6.54 Å². The van der Waals surface area contributed by atoms with Crippen LogP contribution in [0.4, 0.5) is 11.5 Å². The Morgan fingerprint density at radius 1 is 1.32 bits per heavy atom. The lowest BCUT2D eigenvalue weighted by molar-refractivity contribution is -0.119. The van der Waals surface area contributed by atoms with Crippen molar-refractivity contribution in [3.8, 4) is 0 Å². The molecule has 0 saturated heterocycles. The van der Waals surface area contributed by atoms with E-state index in [1.807, 2.05) is 0 Å². The number of hydrogen-bond donors (Lipinski definition) is 2. The fraction of sp³-hybridized carbons (Fsp3) is 0.286. The first-order valence-corrected chi connectivity index (χ1v) is 7.08. The van der Waals surface area contributed by atoms with E-state index in [4.69, 9.17) is 11.6 Å². The molecule has 0 atom stereocenters. The van der Waals surface area contributed by atoms with Crippen LogP contribution in [0.3, 0.4) is 0 Å². The Bertz CT molecular complexity index is 683. The van der Waals surface area contributed by atoms with Gasteiger partial charge in [0.2, 0.25) is 11.8 Å². The summed E-state index contributed by atoms with van der Waals surface area (Å²) in [5, 5.41) is 13.4. The van der Waals surface area contributed by atoms with Gasteiger partial charge in [-0.25, -0.2) is 4.68 Å². The number of carbonyl (C=O) groups excluding carboxylic acids is 2. The predicted molar refractivity (Wildman–Crippen MR) is 83.6 cm³/mol. The van der Waals surface area contributed by atoms with E-state index >= 15 is 0 Å². The van der Waals surface area contributed by atoms with Crippen LogP contribution in [0.15, 0.2) is 30.5 Å². The zero-order valence-corrected chi connectivity index (χ0v) is 13.0. The minimum absolute atomic E-state index is 0.0168. The van der Waals surface area contributed by atoms with Crippen LogP contribution in [0.1, 0.15) is 13.8 Å². The van der Waals surface area contributed by atoms with E-state index in [9.17, 15) is 9.59 Å². The van der Waals surface area contributed by atoms with Crippen LogP contribution in [-0.4, -0.2) is 26.8 Å². The molecule has 0 radical (unpaired) electrons. The molecule has 0 bridgehead atoms. The summed E-state index contributed by atoms with van der Waals surface area (Å²) in [5.41, 5.74) is 0.603. The third kappa shape index (κ3) is 4.56. The van der Waals surface area contributed by atoms with Gasteiger partial charge in [-0.2, -0.15) is 0 Å². The topological polar surface area (TPSA) is 88.9 Å². The first-order chi connectivity index (χ1) is 10.4. The lowest BCUT2D eigenvalue weighted by atomic mass is 10.2. The molecule has 1 aromatic heterocycles. The van der Waals surface area contributed by atoms with E-state index < -0.39 is 0 Å². The number of nitrogens with one attached hydrogen (secondary N) is 2. The Morgan fingerprint density at radius 3 is 2.77 bits per heavy atom. The molecular weight excluding hydrogens is 306 g/mol. The number of amides is 2. The van der Waals surface area contributed by atoms with Gasteiger partial charge in [0.05, 0.1) is 6.20 Å². The second kappa shape index (κ2) is 7.04. The number of aromatic nitrogens is 3. The highest BCUT2D eigenvalue weighted by Gasteiger charge is 2.11. The maximum absolute atomic E-state index is 11.9. The fourth-order valence-electron chi connectivity index (χ4n) is 1.62. The quantitative estimate of drug-likeness (QED) is 0.883. The number of hydrogen-bond acceptors (Lipinski definition) is 4. The lowest BCUT2D eigenvalue weighted by Gasteiger charge is -2.05. The summed E-state index contributed by atoms with van der Waals surface area (Å²) in [5.74, 6) is -0.269. The summed E-state index contributed by atoms with van der Waals surface area (Å²) in [6, 6.07) is 6.85. The smallest absolute Gasteiger partial charge is 0.246 e. The van der Waals surface area contributed by atoms with Crippen molar-refractivity contribution < 1.29 is 9.59 Å². The highest BCUT2D eigenvalue weighted by molar-refractivity contribution is 6.30. The summed E-state index contributed by atoms with van der Waals surface area (Å²) in [4.78, 5) is 23.4. The molecule has 2 aromatic rings. The van der Waals surface area contributed by atoms with Gasteiger partial charge in [0, 0.05) is 16.6 Å². The predicted octanol–water partition coefficient (Wildman–Crippen LogP) is 2.16. The van der Waals surface area contributed by atoms with Gasteiger partial charge < -0.3 is 10.6 Å². The molecule has 8 heteroatoms. The molecule has 0 aliphatic carbocycles. The molecule has 2 N–H and O–H groups in total. The molecule has 2 rings (SSSR count). The van der Waals surface area contributed by atoms with Gasteiger partial charge >= 0.3 is 0 Å². The van der Waals surface area contributed by atoms with E-state index in [1.165, 1.54) is 10.9 Å². The van der Waals surface area contributed by atoms with Gasteiger partial charge in [-0.3, -0.25) is 9.59 Å². The summed E-state index contributed by atoms with van der Waals surface area (Å²) in [7, 11) is 0. The normalized spacial score (nSPS) is 10.5. The van der Waals surface area contributed by atoms with Crippen molar-refractivity contribution in [1.82, 2.24) is 15.0 Å². The maximum atomic E-state index is 11.9. The van der Waals surface area contributed by atoms with Gasteiger partial charge in [-0.15, -0.1) is 5.10 Å². The Morgan fingerprint density at radius 2 is 2.09 bits per heavy atom. The molecule has 0 unspecified atom stereocenters. The van der Waals surface area contributed by atoms with Crippen molar-refractivity contribution in [2.45, 2.75) is 20.4 Å². The van der Waals surface area contributed by atoms with Crippen molar-refractivity contribution in [2.24, 2.45) is 5.92 Å². The van der Waals surface area contributed by atoms with E-state index in [0.717, 1.165) is 0 Å². The summed E-state index contributed by atoms with van der Waals surface area (Å²) in [6.45, 7) is 3.54. The average molecular weight is 322 g/mol. The summed E-state index contributed by atoms with van der Waals surface area (Å²) >= 11 is 5.85. The summed E-state index contributed by atoms with van der Waals surface area (Å²) in [6.07, 6.45) is 1.50. The van der Waals surface area contributed by atoms with E-state index in [-0.39, 0.29) is 24.3 Å². The molecule has 1 heterocycles. The Kier molecular flexibility index (Phi) is 5.11. The molecule has 116 valence electrons. The van der Waals surface area contributed by atoms with Gasteiger partial charge in [-0.1, -0.05) is 36.7 Å². The molecule has 0 fully saturated rings. The third-order valence-corrected chi connectivity index (χ3v) is 2.96. The number of rotatable bonds is 5. The Hall–Kier alpha value is -2.41. The summed E-state index contributed by atoms with van der Waals surface area (Å²) < 4.78 is 1.34. The monoisotopic (exact) mass is 321 g/mol. The van der Waals surface area contributed by atoms with Crippen LogP contribution < -0.4 is 10.6 Å². The van der Waals surface area contributed by atoms with E-state index in [0.29, 0.717) is 16.5 Å². The molecule has 0 spiro atoms. The van der Waals surface area contributed by atoms with Crippen LogP contribution in [0.2, 0.25) is 5.02 Å². The third-order valence-electron chi connectivity index (χ3n) is 2.73. The van der Waals surface area contributed by atoms with Crippen molar-refractivity contribution in [2.75, 3.05) is 10.6 Å². The average Bonchev–Trinajstić information content (AvgIpc) is 2.85. The SMILES string of the molecule is CC(C)C(=O)Nc1cn(CC(=O)Nc2cccc(Cl)c2)nn1. The number of halogens is 1. The highest BCUT2D eigenvalue weighted by atomic mass is 35.5. The van der Waals surface area contributed by atoms with Crippen molar-refractivity contribution in [3.63, 3.8) is 0 Å². The lowest BCUT2D eigenvalue weighted by Crippen LogP contribution is -2.19. The standard InChI is InChI=1S/C14H16ClN5O2/c1-9(2)14(22)17-12-7-20(19-18-12)8-13(21)16-11-5-3-4-10(15)6-11/h3-7,9H,8H2,1-2H3,(H,16,21)(H,17,22). The van der Waals surface area contributed by atoms with Crippen molar-refractivity contribution >= 4 is 34.9 Å². The molecular formula is C14H16ClN5O2. The second-order valence-corrected chi connectivity index (χ2v) is 5.44. The molecule has 22 heavy (non-hydrogen) atoms. The maximum Gasteiger partial charge on any atom is 0.246 e. The van der Waals surface area contributed by atoms with Gasteiger partial charge in [0.15, 0.2) is 5.82 Å². The number of carbonyl (C=O) groups is 2. The van der Waals surface area contributed by atoms with Crippen molar-refractivity contribution in [3.05, 3.63) is 35.5 Å². The van der Waals surface area contributed by atoms with Crippen LogP contribution in [0, 0.1) is 5.92 Å². The molecule has 1 aromatic carbocycles. The zero-order chi connectivity index (χ0) is 16.1.